The molecule has 0 aliphatic heterocycles. The number of carboxylic acids is 2. The van der Waals surface area contributed by atoms with Gasteiger partial charge in [0.2, 0.25) is 0 Å². The first kappa shape index (κ1) is 20.7. The van der Waals surface area contributed by atoms with Gasteiger partial charge in [-0.25, -0.2) is 14.4 Å². The summed E-state index contributed by atoms with van der Waals surface area (Å²) in [5.41, 5.74) is 4.86. The van der Waals surface area contributed by atoms with E-state index in [1.807, 2.05) is 0 Å². The van der Waals surface area contributed by atoms with Crippen molar-refractivity contribution < 1.29 is 37.8 Å². The van der Waals surface area contributed by atoms with Gasteiger partial charge in [-0.1, -0.05) is 0 Å². The van der Waals surface area contributed by atoms with Crippen LogP contribution in [0.2, 0.25) is 0 Å². The molecule has 0 unspecified atom stereocenters. The number of primary amides is 1. The number of hydrogen-bond acceptors (Lipinski definition) is 4. The minimum absolute atomic E-state index is 0.582. The molecule has 20 heavy (non-hydrogen) atoms. The molecule has 2 amide bonds. The van der Waals surface area contributed by atoms with Crippen LogP contribution in [-0.2, 0) is 9.59 Å². The van der Waals surface area contributed by atoms with Crippen LogP contribution in [-0.4, -0.2) is 51.4 Å². The van der Waals surface area contributed by atoms with Gasteiger partial charge in [0, 0.05) is 4.75 Å². The molecule has 0 aromatic rings. The van der Waals surface area contributed by atoms with Crippen molar-refractivity contribution in [2.45, 2.75) is 30.8 Å². The van der Waals surface area contributed by atoms with Crippen LogP contribution in [0.3, 0.4) is 0 Å². The lowest BCUT2D eigenvalue weighted by molar-refractivity contribution is -0.192. The van der Waals surface area contributed by atoms with E-state index in [0.29, 0.717) is 0 Å². The van der Waals surface area contributed by atoms with Gasteiger partial charge in [-0.2, -0.15) is 24.9 Å². The van der Waals surface area contributed by atoms with Crippen molar-refractivity contribution in [3.05, 3.63) is 0 Å². The van der Waals surface area contributed by atoms with Crippen molar-refractivity contribution in [2.75, 3.05) is 6.26 Å². The smallest absolute Gasteiger partial charge is 0.480 e. The molecule has 5 N–H and O–H groups in total. The molecule has 0 aliphatic rings. The summed E-state index contributed by atoms with van der Waals surface area (Å²) >= 11 is 1.35. The largest absolute Gasteiger partial charge is 0.490 e. The minimum atomic E-state index is -5.08. The third-order valence-electron chi connectivity index (χ3n) is 2.00. The zero-order valence-corrected chi connectivity index (χ0v) is 11.6. The highest BCUT2D eigenvalue weighted by molar-refractivity contribution is 8.00. The first-order valence-corrected chi connectivity index (χ1v) is 6.12. The van der Waals surface area contributed by atoms with Gasteiger partial charge in [0.05, 0.1) is 0 Å². The Labute approximate surface area is 116 Å². The van der Waals surface area contributed by atoms with Gasteiger partial charge in [0.1, 0.15) is 6.04 Å². The summed E-state index contributed by atoms with van der Waals surface area (Å²) in [6, 6.07) is -1.80. The third kappa shape index (κ3) is 8.45. The topological polar surface area (TPSA) is 130 Å². The van der Waals surface area contributed by atoms with Crippen molar-refractivity contribution >= 4 is 29.7 Å². The van der Waals surface area contributed by atoms with E-state index in [2.05, 4.69) is 5.32 Å². The number of urea groups is 1. The zero-order valence-electron chi connectivity index (χ0n) is 10.8. The molecule has 0 radical (unpaired) electrons. The predicted octanol–water partition coefficient (Wildman–Crippen LogP) is 0.883. The normalized spacial score (nSPS) is 12.7. The lowest BCUT2D eigenvalue weighted by Gasteiger charge is -2.29. The van der Waals surface area contributed by atoms with Crippen molar-refractivity contribution in [3.63, 3.8) is 0 Å². The van der Waals surface area contributed by atoms with Crippen LogP contribution in [0.25, 0.3) is 0 Å². The molecule has 0 aliphatic carbocycles. The molecule has 0 fully saturated rings. The van der Waals surface area contributed by atoms with E-state index in [-0.39, 0.29) is 0 Å². The van der Waals surface area contributed by atoms with Gasteiger partial charge in [-0.3, -0.25) is 0 Å². The van der Waals surface area contributed by atoms with Crippen molar-refractivity contribution in [2.24, 2.45) is 5.73 Å². The van der Waals surface area contributed by atoms with E-state index < -0.39 is 34.9 Å². The standard InChI is InChI=1S/C7H14N2O3S.C2HF3O2/c1-7(2,13-3)4(5(10)11)9-6(8)12;3-2(4,5)1(6)7/h4H,1-3H3,(H,10,11)(H3,8,9,12);(H,6,7)/t4-;/m1./s1. The number of aliphatic carboxylic acids is 2. The van der Waals surface area contributed by atoms with Gasteiger partial charge >= 0.3 is 24.1 Å². The number of carbonyl (C=O) groups excluding carboxylic acids is 1. The number of alkyl halides is 3. The number of rotatable bonds is 4. The quantitative estimate of drug-likeness (QED) is 0.608. The second-order valence-electron chi connectivity index (χ2n) is 3.89. The molecule has 0 aromatic carbocycles. The average molecular weight is 320 g/mol. The van der Waals surface area contributed by atoms with Gasteiger partial charge in [-0.15, -0.1) is 0 Å². The van der Waals surface area contributed by atoms with Gasteiger partial charge in [-0.05, 0) is 20.1 Å². The molecule has 0 heterocycles. The highest BCUT2D eigenvalue weighted by Gasteiger charge is 2.38. The Hall–Kier alpha value is -1.65. The minimum Gasteiger partial charge on any atom is -0.480 e. The molecule has 0 bridgehead atoms. The summed E-state index contributed by atoms with van der Waals surface area (Å²) < 4.78 is 31.2. The Morgan fingerprint density at radius 3 is 1.70 bits per heavy atom. The first-order chi connectivity index (χ1) is 8.75. The predicted molar refractivity (Wildman–Crippen MR) is 65.4 cm³/mol. The summed E-state index contributed by atoms with van der Waals surface area (Å²) in [7, 11) is 0. The Kier molecular flexibility index (Phi) is 8.08. The fraction of sp³-hybridized carbons (Fsp3) is 0.667. The summed E-state index contributed by atoms with van der Waals surface area (Å²) in [6.45, 7) is 3.46. The Bertz CT molecular complexity index is 373. The van der Waals surface area contributed by atoms with E-state index >= 15 is 0 Å². The Balaban J connectivity index is 0. The summed E-state index contributed by atoms with van der Waals surface area (Å²) in [4.78, 5) is 30.2. The fourth-order valence-corrected chi connectivity index (χ4v) is 1.19. The number of amides is 2. The molecule has 1 atom stereocenters. The number of carboxylic acid groups (broad SMARTS) is 2. The SMILES string of the molecule is CSC(C)(C)[C@H](NC(N)=O)C(=O)O.O=C(O)C(F)(F)F. The molecular weight excluding hydrogens is 305 g/mol. The van der Waals surface area contributed by atoms with Crippen LogP contribution < -0.4 is 11.1 Å². The second-order valence-corrected chi connectivity index (χ2v) is 5.35. The average Bonchev–Trinajstić information content (AvgIpc) is 2.24. The van der Waals surface area contributed by atoms with Crippen molar-refractivity contribution in [1.82, 2.24) is 5.32 Å². The Morgan fingerprint density at radius 2 is 1.55 bits per heavy atom. The van der Waals surface area contributed by atoms with E-state index in [9.17, 15) is 22.8 Å². The summed E-state index contributed by atoms with van der Waals surface area (Å²) in [6.07, 6.45) is -3.31. The lowest BCUT2D eigenvalue weighted by atomic mass is 10.0. The number of halogens is 3. The lowest BCUT2D eigenvalue weighted by Crippen LogP contribution is -2.53. The van der Waals surface area contributed by atoms with Crippen LogP contribution in [0.1, 0.15) is 13.8 Å². The van der Waals surface area contributed by atoms with Crippen LogP contribution in [0, 0.1) is 0 Å². The van der Waals surface area contributed by atoms with Crippen molar-refractivity contribution in [3.8, 4) is 0 Å². The first-order valence-electron chi connectivity index (χ1n) is 4.89. The number of carbonyl (C=O) groups is 3. The van der Waals surface area contributed by atoms with Gasteiger partial charge < -0.3 is 21.3 Å². The molecular formula is C9H15F3N2O5S. The monoisotopic (exact) mass is 320 g/mol. The number of nitrogens with two attached hydrogens (primary N) is 1. The second kappa shape index (κ2) is 7.82. The third-order valence-corrected chi connectivity index (χ3v) is 3.29. The van der Waals surface area contributed by atoms with Crippen LogP contribution >= 0.6 is 11.8 Å². The molecule has 0 spiro atoms. The maximum absolute atomic E-state index is 10.8. The van der Waals surface area contributed by atoms with Crippen LogP contribution in [0.15, 0.2) is 0 Å². The maximum Gasteiger partial charge on any atom is 0.490 e. The zero-order chi connectivity index (χ0) is 16.7. The maximum atomic E-state index is 10.8. The van der Waals surface area contributed by atoms with E-state index in [4.69, 9.17) is 20.7 Å². The van der Waals surface area contributed by atoms with Crippen LogP contribution in [0.4, 0.5) is 18.0 Å². The number of hydrogen-bond donors (Lipinski definition) is 4. The molecule has 11 heteroatoms. The van der Waals surface area contributed by atoms with Crippen molar-refractivity contribution in [1.29, 1.82) is 0 Å². The molecule has 7 nitrogen and oxygen atoms in total. The highest BCUT2D eigenvalue weighted by atomic mass is 32.2. The molecule has 118 valence electrons. The molecule has 0 rings (SSSR count). The highest BCUT2D eigenvalue weighted by Crippen LogP contribution is 2.25. The van der Waals surface area contributed by atoms with E-state index in [1.54, 1.807) is 20.1 Å². The fourth-order valence-electron chi connectivity index (χ4n) is 0.793. The Morgan fingerprint density at radius 1 is 1.20 bits per heavy atom. The number of nitrogens with one attached hydrogen (secondary N) is 1. The summed E-state index contributed by atoms with van der Waals surface area (Å²) in [5.74, 6) is -3.84. The van der Waals surface area contributed by atoms with E-state index in [1.165, 1.54) is 11.8 Å². The molecule has 0 saturated heterocycles. The van der Waals surface area contributed by atoms with Crippen LogP contribution in [0.5, 0.6) is 0 Å². The number of thioether (sulfide) groups is 1. The molecule has 0 saturated carbocycles. The summed E-state index contributed by atoms with van der Waals surface area (Å²) in [5, 5.41) is 18.1. The van der Waals surface area contributed by atoms with E-state index in [0.717, 1.165) is 0 Å². The van der Waals surface area contributed by atoms with Gasteiger partial charge in [0.25, 0.3) is 0 Å². The molecule has 0 aromatic heterocycles. The van der Waals surface area contributed by atoms with Gasteiger partial charge in [0.15, 0.2) is 0 Å².